The van der Waals surface area contributed by atoms with Crippen molar-refractivity contribution in [2.45, 2.75) is 39.8 Å². The van der Waals surface area contributed by atoms with Gasteiger partial charge in [0.15, 0.2) is 6.61 Å². The van der Waals surface area contributed by atoms with Crippen LogP contribution in [0.3, 0.4) is 0 Å². The van der Waals surface area contributed by atoms with E-state index >= 15 is 0 Å². The maximum absolute atomic E-state index is 12.6. The lowest BCUT2D eigenvalue weighted by atomic mass is 10.1. The largest absolute Gasteiger partial charge is 0.483 e. The number of nitrogens with two attached hydrogens (primary N) is 1. The van der Waals surface area contributed by atoms with Crippen molar-refractivity contribution >= 4 is 23.6 Å². The molecule has 0 saturated heterocycles. The summed E-state index contributed by atoms with van der Waals surface area (Å²) in [6, 6.07) is 11.5. The van der Waals surface area contributed by atoms with Crippen molar-refractivity contribution < 1.29 is 23.9 Å². The van der Waals surface area contributed by atoms with Gasteiger partial charge in [-0.1, -0.05) is 6.07 Å². The molecule has 0 aliphatic carbocycles. The molecule has 4 N–H and O–H groups in total. The third kappa shape index (κ3) is 7.32. The molecule has 0 spiro atoms. The highest BCUT2D eigenvalue weighted by atomic mass is 16.6. The topological polar surface area (TPSA) is 144 Å². The molecular formula is C23H26N4O5. The maximum atomic E-state index is 12.6. The van der Waals surface area contributed by atoms with Gasteiger partial charge in [0.2, 0.25) is 0 Å². The minimum atomic E-state index is -0.655. The Hall–Kier alpha value is -4.06. The van der Waals surface area contributed by atoms with Crippen LogP contribution in [-0.2, 0) is 16.1 Å². The Morgan fingerprint density at radius 1 is 1.12 bits per heavy atom. The maximum Gasteiger partial charge on any atom is 0.412 e. The van der Waals surface area contributed by atoms with Crippen LogP contribution in [0, 0.1) is 18.3 Å². The van der Waals surface area contributed by atoms with Crippen LogP contribution in [0.15, 0.2) is 36.4 Å². The summed E-state index contributed by atoms with van der Waals surface area (Å²) >= 11 is 0. The number of ether oxygens (including phenoxy) is 2. The SMILES string of the molecule is Cc1cc(C(=O)NCc2ccc(C#N)cc2OCC(N)=O)ccc1NC(=O)OC(C)(C)C. The third-order valence-electron chi connectivity index (χ3n) is 4.13. The Bertz CT molecular complexity index is 1070. The van der Waals surface area contributed by atoms with E-state index in [0.717, 1.165) is 0 Å². The van der Waals surface area contributed by atoms with E-state index in [1.54, 1.807) is 58.0 Å². The number of nitrogens with one attached hydrogen (secondary N) is 2. The van der Waals surface area contributed by atoms with Crippen LogP contribution in [0.2, 0.25) is 0 Å². The van der Waals surface area contributed by atoms with Gasteiger partial charge in [-0.15, -0.1) is 0 Å². The number of primary amides is 1. The first-order chi connectivity index (χ1) is 15.0. The molecule has 0 fully saturated rings. The number of rotatable bonds is 7. The third-order valence-corrected chi connectivity index (χ3v) is 4.13. The van der Waals surface area contributed by atoms with Crippen molar-refractivity contribution in [2.24, 2.45) is 5.73 Å². The minimum absolute atomic E-state index is 0.107. The van der Waals surface area contributed by atoms with E-state index in [0.29, 0.717) is 27.9 Å². The van der Waals surface area contributed by atoms with Gasteiger partial charge in [0, 0.05) is 23.4 Å². The zero-order valence-corrected chi connectivity index (χ0v) is 18.4. The quantitative estimate of drug-likeness (QED) is 0.606. The molecule has 0 aliphatic heterocycles. The summed E-state index contributed by atoms with van der Waals surface area (Å²) in [5.74, 6) is -0.712. The molecule has 32 heavy (non-hydrogen) atoms. The van der Waals surface area contributed by atoms with Gasteiger partial charge in [-0.05, 0) is 63.6 Å². The Balaban J connectivity index is 2.07. The predicted molar refractivity (Wildman–Crippen MR) is 118 cm³/mol. The Morgan fingerprint density at radius 3 is 2.44 bits per heavy atom. The normalized spacial score (nSPS) is 10.6. The molecule has 9 nitrogen and oxygen atoms in total. The molecule has 3 amide bonds. The number of hydrogen-bond acceptors (Lipinski definition) is 6. The van der Waals surface area contributed by atoms with E-state index in [2.05, 4.69) is 10.6 Å². The smallest absolute Gasteiger partial charge is 0.412 e. The molecule has 0 radical (unpaired) electrons. The van der Waals surface area contributed by atoms with E-state index in [4.69, 9.17) is 20.5 Å². The first-order valence-electron chi connectivity index (χ1n) is 9.81. The zero-order valence-electron chi connectivity index (χ0n) is 18.4. The molecule has 2 aromatic rings. The molecule has 0 unspecified atom stereocenters. The Morgan fingerprint density at radius 2 is 1.84 bits per heavy atom. The molecule has 0 saturated carbocycles. The van der Waals surface area contributed by atoms with Gasteiger partial charge in [-0.3, -0.25) is 14.9 Å². The lowest BCUT2D eigenvalue weighted by Gasteiger charge is -2.20. The molecule has 9 heteroatoms. The summed E-state index contributed by atoms with van der Waals surface area (Å²) in [6.07, 6.45) is -0.581. The van der Waals surface area contributed by atoms with E-state index in [9.17, 15) is 14.4 Å². The van der Waals surface area contributed by atoms with Gasteiger partial charge in [-0.25, -0.2) is 4.79 Å². The predicted octanol–water partition coefficient (Wildman–Crippen LogP) is 3.01. The van der Waals surface area contributed by atoms with E-state index < -0.39 is 17.6 Å². The second kappa shape index (κ2) is 10.3. The lowest BCUT2D eigenvalue weighted by molar-refractivity contribution is -0.119. The molecule has 0 heterocycles. The van der Waals surface area contributed by atoms with Gasteiger partial charge in [0.1, 0.15) is 11.4 Å². The fourth-order valence-corrected chi connectivity index (χ4v) is 2.69. The van der Waals surface area contributed by atoms with Crippen molar-refractivity contribution in [1.82, 2.24) is 5.32 Å². The summed E-state index contributed by atoms with van der Waals surface area (Å²) in [6.45, 7) is 6.83. The summed E-state index contributed by atoms with van der Waals surface area (Å²) in [4.78, 5) is 35.6. The first kappa shape index (κ1) is 24.2. The average molecular weight is 438 g/mol. The highest BCUT2D eigenvalue weighted by molar-refractivity contribution is 5.95. The van der Waals surface area contributed by atoms with Gasteiger partial charge < -0.3 is 20.5 Å². The molecule has 0 aromatic heterocycles. The van der Waals surface area contributed by atoms with E-state index in [-0.39, 0.29) is 24.8 Å². The molecule has 0 aliphatic rings. The lowest BCUT2D eigenvalue weighted by Crippen LogP contribution is -2.27. The minimum Gasteiger partial charge on any atom is -0.483 e. The van der Waals surface area contributed by atoms with E-state index in [1.165, 1.54) is 6.07 Å². The second-order valence-corrected chi connectivity index (χ2v) is 8.03. The molecule has 0 bridgehead atoms. The van der Waals surface area contributed by atoms with Crippen LogP contribution in [-0.4, -0.2) is 30.1 Å². The van der Waals surface area contributed by atoms with Gasteiger partial charge in [0.25, 0.3) is 11.8 Å². The number of amides is 3. The number of hydrogen-bond donors (Lipinski definition) is 3. The number of carbonyl (C=O) groups is 3. The molecular weight excluding hydrogens is 412 g/mol. The van der Waals surface area contributed by atoms with Crippen LogP contribution >= 0.6 is 0 Å². The number of anilines is 1. The van der Waals surface area contributed by atoms with Crippen molar-refractivity contribution in [2.75, 3.05) is 11.9 Å². The summed E-state index contributed by atoms with van der Waals surface area (Å²) in [7, 11) is 0. The molecule has 2 aromatic carbocycles. The van der Waals surface area contributed by atoms with Crippen LogP contribution < -0.4 is 21.1 Å². The number of carbonyl (C=O) groups excluding carboxylic acids is 3. The van der Waals surface area contributed by atoms with Crippen molar-refractivity contribution in [3.8, 4) is 11.8 Å². The summed E-state index contributed by atoms with van der Waals surface area (Å²) in [5, 5.41) is 14.5. The fourth-order valence-electron chi connectivity index (χ4n) is 2.69. The van der Waals surface area contributed by atoms with Crippen molar-refractivity contribution in [3.05, 3.63) is 58.7 Å². The first-order valence-corrected chi connectivity index (χ1v) is 9.81. The highest BCUT2D eigenvalue weighted by Crippen LogP contribution is 2.21. The van der Waals surface area contributed by atoms with Gasteiger partial charge in [-0.2, -0.15) is 5.26 Å². The fraction of sp³-hybridized carbons (Fsp3) is 0.304. The van der Waals surface area contributed by atoms with Gasteiger partial charge in [0.05, 0.1) is 11.6 Å². The Kier molecular flexibility index (Phi) is 7.80. The van der Waals surface area contributed by atoms with Gasteiger partial charge >= 0.3 is 6.09 Å². The standard InChI is InChI=1S/C23H26N4O5/c1-14-9-16(7-8-18(14)27-22(30)32-23(2,3)4)21(29)26-12-17-6-5-15(11-24)10-19(17)31-13-20(25)28/h5-10H,12-13H2,1-4H3,(H2,25,28)(H,26,29)(H,27,30). The van der Waals surface area contributed by atoms with Crippen LogP contribution in [0.4, 0.5) is 10.5 Å². The van der Waals surface area contributed by atoms with Crippen LogP contribution in [0.1, 0.15) is 47.8 Å². The molecule has 0 atom stereocenters. The van der Waals surface area contributed by atoms with Crippen LogP contribution in [0.5, 0.6) is 5.75 Å². The number of nitrogens with zero attached hydrogens (tertiary/aromatic N) is 1. The summed E-state index contributed by atoms with van der Waals surface area (Å²) < 4.78 is 10.6. The number of aryl methyl sites for hydroxylation is 1. The van der Waals surface area contributed by atoms with Crippen molar-refractivity contribution in [1.29, 1.82) is 5.26 Å². The second-order valence-electron chi connectivity index (χ2n) is 8.03. The van der Waals surface area contributed by atoms with E-state index in [1.807, 2.05) is 6.07 Å². The average Bonchev–Trinajstić information content (AvgIpc) is 2.70. The van der Waals surface area contributed by atoms with Crippen molar-refractivity contribution in [3.63, 3.8) is 0 Å². The van der Waals surface area contributed by atoms with Crippen LogP contribution in [0.25, 0.3) is 0 Å². The monoisotopic (exact) mass is 438 g/mol. The zero-order chi connectivity index (χ0) is 23.9. The molecule has 2 rings (SSSR count). The molecule has 168 valence electrons. The Labute approximate surface area is 186 Å². The highest BCUT2D eigenvalue weighted by Gasteiger charge is 2.17. The summed E-state index contributed by atoms with van der Waals surface area (Å²) in [5.41, 5.74) is 7.04. The number of benzene rings is 2. The number of nitriles is 1.